The molecular formula is C24H28FN7O2. The number of rotatable bonds is 9. The first-order chi connectivity index (χ1) is 16.4. The van der Waals surface area contributed by atoms with Crippen LogP contribution in [-0.4, -0.2) is 58.3 Å². The van der Waals surface area contributed by atoms with E-state index in [1.807, 2.05) is 36.3 Å². The number of hydrogen-bond donors (Lipinski definition) is 1. The van der Waals surface area contributed by atoms with E-state index in [0.29, 0.717) is 47.4 Å². The van der Waals surface area contributed by atoms with Crippen LogP contribution in [0.3, 0.4) is 0 Å². The summed E-state index contributed by atoms with van der Waals surface area (Å²) >= 11 is 0. The monoisotopic (exact) mass is 465 g/mol. The van der Waals surface area contributed by atoms with Crippen molar-refractivity contribution in [2.24, 2.45) is 7.05 Å². The van der Waals surface area contributed by atoms with Crippen LogP contribution in [-0.2, 0) is 7.05 Å². The summed E-state index contributed by atoms with van der Waals surface area (Å²) < 4.78 is 27.8. The number of benzene rings is 2. The van der Waals surface area contributed by atoms with Crippen LogP contribution in [0.2, 0.25) is 0 Å². The van der Waals surface area contributed by atoms with Crippen LogP contribution in [0.25, 0.3) is 22.4 Å². The van der Waals surface area contributed by atoms with Gasteiger partial charge < -0.3 is 19.7 Å². The Labute approximate surface area is 197 Å². The molecule has 0 fully saturated rings. The van der Waals surface area contributed by atoms with Crippen molar-refractivity contribution in [3.8, 4) is 22.9 Å². The number of nitrogens with zero attached hydrogens (tertiary/aromatic N) is 6. The topological polar surface area (TPSA) is 90.2 Å². The van der Waals surface area contributed by atoms with Gasteiger partial charge in [0, 0.05) is 50.2 Å². The van der Waals surface area contributed by atoms with Crippen LogP contribution in [0, 0.1) is 5.82 Å². The fourth-order valence-electron chi connectivity index (χ4n) is 3.63. The first-order valence-electron chi connectivity index (χ1n) is 11.0. The van der Waals surface area contributed by atoms with Crippen molar-refractivity contribution in [2.45, 2.75) is 19.9 Å². The minimum absolute atomic E-state index is 0.111. The summed E-state index contributed by atoms with van der Waals surface area (Å²) in [5.41, 5.74) is 3.15. The van der Waals surface area contributed by atoms with Crippen LogP contribution < -0.4 is 19.7 Å². The maximum Gasteiger partial charge on any atom is 0.188 e. The normalized spacial score (nSPS) is 11.3. The van der Waals surface area contributed by atoms with E-state index in [0.717, 1.165) is 11.3 Å². The third-order valence-corrected chi connectivity index (χ3v) is 5.34. The lowest BCUT2D eigenvalue weighted by Crippen LogP contribution is -2.33. The highest BCUT2D eigenvalue weighted by Crippen LogP contribution is 2.37. The smallest absolute Gasteiger partial charge is 0.188 e. The number of hydrogen-bond acceptors (Lipinski definition) is 8. The zero-order chi connectivity index (χ0) is 24.2. The van der Waals surface area contributed by atoms with Crippen LogP contribution in [0.4, 0.5) is 15.8 Å². The maximum absolute atomic E-state index is 15.4. The number of fused-ring (bicyclic) bond motifs is 1. The Balaban J connectivity index is 1.80. The molecule has 0 unspecified atom stereocenters. The zero-order valence-electron chi connectivity index (χ0n) is 19.9. The molecule has 0 saturated heterocycles. The van der Waals surface area contributed by atoms with Gasteiger partial charge in [0.2, 0.25) is 0 Å². The van der Waals surface area contributed by atoms with E-state index in [4.69, 9.17) is 9.47 Å². The molecule has 34 heavy (non-hydrogen) atoms. The minimum atomic E-state index is -0.468. The van der Waals surface area contributed by atoms with Crippen molar-refractivity contribution in [2.75, 3.05) is 32.2 Å². The Morgan fingerprint density at radius 2 is 1.91 bits per heavy atom. The predicted octanol–water partition coefficient (Wildman–Crippen LogP) is 3.72. The van der Waals surface area contributed by atoms with Crippen molar-refractivity contribution in [1.29, 1.82) is 0 Å². The highest BCUT2D eigenvalue weighted by atomic mass is 19.1. The average Bonchev–Trinajstić information content (AvgIpc) is 3.27. The molecule has 2 aromatic heterocycles. The SMILES string of the molecule is COc1cc(OC)c(F)c(N(CCNC(C)C)c2ccc3nnc(-c4cnn(C)c4)nc3c2)c1. The van der Waals surface area contributed by atoms with Gasteiger partial charge in [-0.2, -0.15) is 5.10 Å². The molecule has 4 rings (SSSR count). The molecule has 0 saturated carbocycles. The Hall–Kier alpha value is -3.79. The molecule has 0 amide bonds. The van der Waals surface area contributed by atoms with E-state index in [1.54, 1.807) is 24.1 Å². The van der Waals surface area contributed by atoms with Gasteiger partial charge in [0.1, 0.15) is 11.3 Å². The molecule has 0 atom stereocenters. The first-order valence-corrected chi connectivity index (χ1v) is 11.0. The summed E-state index contributed by atoms with van der Waals surface area (Å²) in [7, 11) is 4.81. The lowest BCUT2D eigenvalue weighted by molar-refractivity contribution is 0.374. The summed E-state index contributed by atoms with van der Waals surface area (Å²) in [5.74, 6) is 0.614. The molecule has 2 aromatic carbocycles. The van der Waals surface area contributed by atoms with E-state index in [2.05, 4.69) is 39.4 Å². The highest BCUT2D eigenvalue weighted by Gasteiger charge is 2.20. The van der Waals surface area contributed by atoms with Gasteiger partial charge in [-0.3, -0.25) is 4.68 Å². The molecule has 0 aliphatic carbocycles. The van der Waals surface area contributed by atoms with Crippen molar-refractivity contribution in [3.05, 3.63) is 48.5 Å². The number of ether oxygens (including phenoxy) is 2. The molecule has 0 aliphatic heterocycles. The highest BCUT2D eigenvalue weighted by molar-refractivity contribution is 5.82. The summed E-state index contributed by atoms with van der Waals surface area (Å²) in [6, 6.07) is 9.07. The molecule has 10 heteroatoms. The maximum atomic E-state index is 15.4. The van der Waals surface area contributed by atoms with Gasteiger partial charge in [-0.15, -0.1) is 10.2 Å². The number of aromatic nitrogens is 5. The Morgan fingerprint density at radius 1 is 1.09 bits per heavy atom. The lowest BCUT2D eigenvalue weighted by Gasteiger charge is -2.27. The van der Waals surface area contributed by atoms with E-state index in [9.17, 15) is 0 Å². The molecule has 4 aromatic rings. The molecule has 0 aliphatic rings. The number of anilines is 2. The van der Waals surface area contributed by atoms with Gasteiger partial charge in [0.05, 0.1) is 37.2 Å². The predicted molar refractivity (Wildman–Crippen MR) is 129 cm³/mol. The van der Waals surface area contributed by atoms with Crippen LogP contribution in [0.15, 0.2) is 42.7 Å². The summed E-state index contributed by atoms with van der Waals surface area (Å²) in [6.45, 7) is 5.28. The van der Waals surface area contributed by atoms with E-state index < -0.39 is 5.82 Å². The Morgan fingerprint density at radius 3 is 2.59 bits per heavy atom. The molecule has 0 bridgehead atoms. The van der Waals surface area contributed by atoms with Gasteiger partial charge in [0.25, 0.3) is 0 Å². The molecule has 1 N–H and O–H groups in total. The number of halogens is 1. The molecular weight excluding hydrogens is 437 g/mol. The second kappa shape index (κ2) is 10.0. The van der Waals surface area contributed by atoms with Crippen molar-refractivity contribution in [1.82, 2.24) is 30.3 Å². The van der Waals surface area contributed by atoms with Crippen LogP contribution >= 0.6 is 0 Å². The summed E-state index contributed by atoms with van der Waals surface area (Å²) in [5, 5.41) is 16.1. The van der Waals surface area contributed by atoms with Crippen molar-refractivity contribution < 1.29 is 13.9 Å². The first kappa shape index (κ1) is 23.4. The second-order valence-corrected chi connectivity index (χ2v) is 8.13. The number of methoxy groups -OCH3 is 2. The van der Waals surface area contributed by atoms with Gasteiger partial charge in [-0.25, -0.2) is 9.37 Å². The lowest BCUT2D eigenvalue weighted by atomic mass is 10.2. The molecule has 9 nitrogen and oxygen atoms in total. The zero-order valence-corrected chi connectivity index (χ0v) is 19.9. The Kier molecular flexibility index (Phi) is 6.87. The van der Waals surface area contributed by atoms with E-state index >= 15 is 4.39 Å². The summed E-state index contributed by atoms with van der Waals surface area (Å²) in [6.07, 6.45) is 3.52. The third kappa shape index (κ3) is 4.91. The third-order valence-electron chi connectivity index (χ3n) is 5.34. The number of nitrogens with one attached hydrogen (secondary N) is 1. The largest absolute Gasteiger partial charge is 0.497 e. The van der Waals surface area contributed by atoms with Crippen LogP contribution in [0.1, 0.15) is 13.8 Å². The van der Waals surface area contributed by atoms with Gasteiger partial charge in [0.15, 0.2) is 17.4 Å². The average molecular weight is 466 g/mol. The fraction of sp³-hybridized carbons (Fsp3) is 0.333. The molecule has 2 heterocycles. The van der Waals surface area contributed by atoms with Gasteiger partial charge in [-0.05, 0) is 18.2 Å². The van der Waals surface area contributed by atoms with E-state index in [1.165, 1.54) is 13.2 Å². The van der Waals surface area contributed by atoms with E-state index in [-0.39, 0.29) is 5.75 Å². The van der Waals surface area contributed by atoms with Crippen LogP contribution in [0.5, 0.6) is 11.5 Å². The fourth-order valence-corrected chi connectivity index (χ4v) is 3.63. The van der Waals surface area contributed by atoms with Crippen molar-refractivity contribution in [3.63, 3.8) is 0 Å². The Bertz CT molecular complexity index is 1290. The minimum Gasteiger partial charge on any atom is -0.497 e. The molecule has 0 spiro atoms. The standard InChI is InChI=1S/C24H28FN7O2/c1-15(2)26-8-9-32(21-11-18(33-4)12-22(34-5)23(21)25)17-6-7-19-20(10-17)28-24(30-29-19)16-13-27-31(3)14-16/h6-7,10-15,26H,8-9H2,1-5H3. The quantitative estimate of drug-likeness (QED) is 0.400. The summed E-state index contributed by atoms with van der Waals surface area (Å²) in [4.78, 5) is 6.56. The second-order valence-electron chi connectivity index (χ2n) is 8.13. The van der Waals surface area contributed by atoms with Gasteiger partial charge in [-0.1, -0.05) is 13.8 Å². The van der Waals surface area contributed by atoms with Crippen molar-refractivity contribution >= 4 is 22.4 Å². The number of aryl methyl sites for hydroxylation is 1. The molecule has 178 valence electrons. The van der Waals surface area contributed by atoms with Gasteiger partial charge >= 0.3 is 0 Å². The molecule has 0 radical (unpaired) electrons.